The van der Waals surface area contributed by atoms with Crippen molar-refractivity contribution in [2.45, 2.75) is 51.7 Å². The van der Waals surface area contributed by atoms with Crippen LogP contribution >= 0.6 is 23.2 Å². The van der Waals surface area contributed by atoms with Crippen molar-refractivity contribution in [2.24, 2.45) is 5.92 Å². The van der Waals surface area contributed by atoms with Crippen molar-refractivity contribution in [3.05, 3.63) is 148 Å². The second-order valence-corrected chi connectivity index (χ2v) is 12.4. The maximum atomic E-state index is 12.4. The topological polar surface area (TPSA) is 97.6 Å². The van der Waals surface area contributed by atoms with Crippen LogP contribution < -0.4 is 10.6 Å². The van der Waals surface area contributed by atoms with Crippen LogP contribution in [0.25, 0.3) is 11.1 Å². The highest BCUT2D eigenvalue weighted by molar-refractivity contribution is 6.40. The largest absolute Gasteiger partial charge is 0.392 e. The molecule has 5 aromatic rings. The van der Waals surface area contributed by atoms with Crippen LogP contribution in [-0.2, 0) is 35.7 Å². The molecule has 6 rings (SSSR count). The fourth-order valence-corrected chi connectivity index (χ4v) is 6.02. The molecule has 242 valence electrons. The number of aromatic nitrogens is 2. The van der Waals surface area contributed by atoms with E-state index in [1.807, 2.05) is 97.1 Å². The van der Waals surface area contributed by atoms with E-state index < -0.39 is 6.29 Å². The molecule has 1 saturated heterocycles. The first-order valence-electron chi connectivity index (χ1n) is 15.5. The molecule has 1 aliphatic heterocycles. The van der Waals surface area contributed by atoms with Gasteiger partial charge in [-0.3, -0.25) is 0 Å². The Balaban J connectivity index is 1.15. The number of hydrogen-bond acceptors (Lipinski definition) is 5. The van der Waals surface area contributed by atoms with Crippen molar-refractivity contribution in [1.82, 2.24) is 20.2 Å². The third-order valence-corrected chi connectivity index (χ3v) is 9.19. The average molecular weight is 672 g/mol. The molecule has 0 radical (unpaired) electrons. The molecule has 1 fully saturated rings. The Morgan fingerprint density at radius 3 is 2.17 bits per heavy atom. The van der Waals surface area contributed by atoms with Crippen molar-refractivity contribution in [3.63, 3.8) is 0 Å². The Labute approximate surface area is 284 Å². The lowest BCUT2D eigenvalue weighted by Gasteiger charge is -2.41. The molecule has 1 aromatic heterocycles. The molecule has 1 aliphatic rings. The van der Waals surface area contributed by atoms with E-state index in [-0.39, 0.29) is 35.9 Å². The first kappa shape index (κ1) is 32.7. The standard InChI is InChI=1S/C37H36Cl2N4O4/c1-24-32(21-43-23-42-34(38)35(43)39)46-36(47-33(24)29-12-10-26(22-44)11-13-29)30-16-14-28(15-17-30)31-9-5-8-27(18-31)20-41-37(45)40-19-25-6-3-2-4-7-25/h2-18,23-24,32-33,36,44H,19-22H2,1H3,(H2,40,41,45)/t24-,32+,33+,36+/m0/s1. The summed E-state index contributed by atoms with van der Waals surface area (Å²) in [6, 6.07) is 33.6. The van der Waals surface area contributed by atoms with E-state index in [0.717, 1.165) is 38.9 Å². The number of amides is 2. The number of carbonyl (C=O) groups is 1. The molecule has 2 amide bonds. The molecule has 4 atom stereocenters. The van der Waals surface area contributed by atoms with Gasteiger partial charge in [0.05, 0.1) is 31.7 Å². The first-order chi connectivity index (χ1) is 22.9. The Hall–Kier alpha value is -4.18. The summed E-state index contributed by atoms with van der Waals surface area (Å²) in [7, 11) is 0. The second-order valence-electron chi connectivity index (χ2n) is 11.6. The molecular weight excluding hydrogens is 635 g/mol. The number of rotatable bonds is 10. The van der Waals surface area contributed by atoms with Crippen molar-refractivity contribution in [1.29, 1.82) is 0 Å². The summed E-state index contributed by atoms with van der Waals surface area (Å²) < 4.78 is 14.9. The molecule has 47 heavy (non-hydrogen) atoms. The SMILES string of the molecule is C[C@H]1[C@@H](Cn2cnc(Cl)c2Cl)O[C@@H](c2ccc(-c3cccc(CNC(=O)NCc4ccccc4)c3)cc2)O[C@H]1c1ccc(CO)cc1. The third kappa shape index (κ3) is 8.04. The molecule has 0 spiro atoms. The number of nitrogens with one attached hydrogen (secondary N) is 2. The minimum absolute atomic E-state index is 0.0224. The highest BCUT2D eigenvalue weighted by Crippen LogP contribution is 2.42. The molecule has 0 bridgehead atoms. The van der Waals surface area contributed by atoms with E-state index in [1.54, 1.807) is 10.9 Å². The van der Waals surface area contributed by atoms with Gasteiger partial charge < -0.3 is 29.8 Å². The molecule has 3 N–H and O–H groups in total. The van der Waals surface area contributed by atoms with Crippen LogP contribution in [0.1, 0.15) is 47.1 Å². The number of hydrogen-bond donors (Lipinski definition) is 3. The van der Waals surface area contributed by atoms with Gasteiger partial charge in [-0.15, -0.1) is 0 Å². The fraction of sp³-hybridized carbons (Fsp3) is 0.243. The van der Waals surface area contributed by atoms with Gasteiger partial charge in [0, 0.05) is 24.6 Å². The minimum atomic E-state index is -0.629. The van der Waals surface area contributed by atoms with Crippen LogP contribution in [0.5, 0.6) is 0 Å². The predicted octanol–water partition coefficient (Wildman–Crippen LogP) is 7.84. The molecule has 2 heterocycles. The molecule has 10 heteroatoms. The average Bonchev–Trinajstić information content (AvgIpc) is 3.43. The van der Waals surface area contributed by atoms with Crippen molar-refractivity contribution in [3.8, 4) is 11.1 Å². The Morgan fingerprint density at radius 1 is 0.809 bits per heavy atom. The summed E-state index contributed by atoms with van der Waals surface area (Å²) in [6.45, 7) is 3.40. The lowest BCUT2D eigenvalue weighted by atomic mass is 9.90. The fourth-order valence-electron chi connectivity index (χ4n) is 5.71. The maximum Gasteiger partial charge on any atom is 0.315 e. The van der Waals surface area contributed by atoms with Crippen molar-refractivity contribution < 1.29 is 19.4 Å². The number of nitrogens with zero attached hydrogens (tertiary/aromatic N) is 2. The van der Waals surface area contributed by atoms with E-state index in [9.17, 15) is 9.90 Å². The van der Waals surface area contributed by atoms with Gasteiger partial charge in [0.15, 0.2) is 11.4 Å². The summed E-state index contributed by atoms with van der Waals surface area (Å²) in [6.07, 6.45) is 0.465. The van der Waals surface area contributed by atoms with Crippen LogP contribution in [0.3, 0.4) is 0 Å². The van der Waals surface area contributed by atoms with Gasteiger partial charge in [-0.25, -0.2) is 9.78 Å². The summed E-state index contributed by atoms with van der Waals surface area (Å²) >= 11 is 12.5. The Kier molecular flexibility index (Phi) is 10.6. The molecule has 0 unspecified atom stereocenters. The van der Waals surface area contributed by atoms with Gasteiger partial charge in [0.25, 0.3) is 0 Å². The summed E-state index contributed by atoms with van der Waals surface area (Å²) in [5, 5.41) is 16.0. The van der Waals surface area contributed by atoms with Crippen LogP contribution in [0.15, 0.2) is 109 Å². The van der Waals surface area contributed by atoms with Crippen LogP contribution in [0, 0.1) is 5.92 Å². The van der Waals surface area contributed by atoms with E-state index in [1.165, 1.54) is 0 Å². The minimum Gasteiger partial charge on any atom is -0.392 e. The number of carbonyl (C=O) groups excluding carboxylic acids is 1. The zero-order chi connectivity index (χ0) is 32.8. The monoisotopic (exact) mass is 670 g/mol. The number of aliphatic hydroxyl groups excluding tert-OH is 1. The summed E-state index contributed by atoms with van der Waals surface area (Å²) in [5.74, 6) is -0.0282. The predicted molar refractivity (Wildman–Crippen MR) is 183 cm³/mol. The van der Waals surface area contributed by atoms with Gasteiger partial charge in [-0.1, -0.05) is 127 Å². The third-order valence-electron chi connectivity index (χ3n) is 8.43. The zero-order valence-corrected chi connectivity index (χ0v) is 27.4. The Bertz CT molecular complexity index is 1780. The molecule has 0 saturated carbocycles. The van der Waals surface area contributed by atoms with Gasteiger partial charge >= 0.3 is 6.03 Å². The number of halogens is 2. The maximum absolute atomic E-state index is 12.4. The molecule has 0 aliphatic carbocycles. The number of imidazole rings is 1. The number of aliphatic hydroxyl groups is 1. The highest BCUT2D eigenvalue weighted by atomic mass is 35.5. The highest BCUT2D eigenvalue weighted by Gasteiger charge is 2.38. The smallest absolute Gasteiger partial charge is 0.315 e. The van der Waals surface area contributed by atoms with Crippen molar-refractivity contribution in [2.75, 3.05) is 0 Å². The summed E-state index contributed by atoms with van der Waals surface area (Å²) in [4.78, 5) is 16.5. The van der Waals surface area contributed by atoms with Gasteiger partial charge in [-0.2, -0.15) is 0 Å². The van der Waals surface area contributed by atoms with Crippen LogP contribution in [0.2, 0.25) is 10.3 Å². The molecule has 4 aromatic carbocycles. The zero-order valence-electron chi connectivity index (χ0n) is 25.9. The number of urea groups is 1. The van der Waals surface area contributed by atoms with Crippen LogP contribution in [0.4, 0.5) is 4.79 Å². The van der Waals surface area contributed by atoms with Crippen molar-refractivity contribution >= 4 is 29.2 Å². The lowest BCUT2D eigenvalue weighted by molar-refractivity contribution is -0.276. The van der Waals surface area contributed by atoms with E-state index >= 15 is 0 Å². The van der Waals surface area contributed by atoms with Gasteiger partial charge in [0.1, 0.15) is 5.15 Å². The normalized spacial score (nSPS) is 19.3. The second kappa shape index (κ2) is 15.2. The van der Waals surface area contributed by atoms with E-state index in [4.69, 9.17) is 32.7 Å². The summed E-state index contributed by atoms with van der Waals surface area (Å²) in [5.41, 5.74) is 6.81. The quantitative estimate of drug-likeness (QED) is 0.141. The van der Waals surface area contributed by atoms with E-state index in [0.29, 0.717) is 24.8 Å². The molecule has 8 nitrogen and oxygen atoms in total. The number of benzene rings is 4. The molecular formula is C37H36Cl2N4O4. The van der Waals surface area contributed by atoms with E-state index in [2.05, 4.69) is 28.6 Å². The number of ether oxygens (including phenoxy) is 2. The van der Waals surface area contributed by atoms with Gasteiger partial charge in [0.2, 0.25) is 0 Å². The van der Waals surface area contributed by atoms with Gasteiger partial charge in [-0.05, 0) is 39.4 Å². The Morgan fingerprint density at radius 2 is 1.49 bits per heavy atom. The first-order valence-corrected chi connectivity index (χ1v) is 16.2. The van der Waals surface area contributed by atoms with Crippen LogP contribution in [-0.4, -0.2) is 26.8 Å². The lowest BCUT2D eigenvalue weighted by Crippen LogP contribution is -2.39.